The average molecular weight is 369 g/mol. The molecule has 1 amide bonds. The van der Waals surface area contributed by atoms with Crippen molar-refractivity contribution in [2.75, 3.05) is 0 Å². The zero-order valence-electron chi connectivity index (χ0n) is 15.4. The Hall–Kier alpha value is -3.80. The summed E-state index contributed by atoms with van der Waals surface area (Å²) in [5, 5.41) is 14.4. The molecule has 0 bridgehead atoms. The van der Waals surface area contributed by atoms with E-state index in [1.807, 2.05) is 79.7 Å². The molecule has 28 heavy (non-hydrogen) atoms. The molecule has 0 aliphatic rings. The molecule has 0 spiro atoms. The van der Waals surface area contributed by atoms with Crippen LogP contribution in [0.5, 0.6) is 0 Å². The highest BCUT2D eigenvalue weighted by atomic mass is 16.1. The van der Waals surface area contributed by atoms with E-state index < -0.39 is 5.54 Å². The number of aromatic nitrogens is 4. The molecule has 0 fully saturated rings. The van der Waals surface area contributed by atoms with E-state index in [-0.39, 0.29) is 5.91 Å². The van der Waals surface area contributed by atoms with E-state index in [0.717, 1.165) is 16.8 Å². The SMILES string of the molecule is CC(NC(=O)c1cccc(-n2cnnn2)c1)(c1ccccc1)c1ccccc1. The van der Waals surface area contributed by atoms with Gasteiger partial charge in [0, 0.05) is 5.56 Å². The zero-order chi connectivity index (χ0) is 19.4. The smallest absolute Gasteiger partial charge is 0.252 e. The Morgan fingerprint density at radius 2 is 1.54 bits per heavy atom. The van der Waals surface area contributed by atoms with Gasteiger partial charge in [-0.3, -0.25) is 4.79 Å². The minimum Gasteiger partial charge on any atom is -0.339 e. The number of tetrazole rings is 1. The molecule has 0 atom stereocenters. The minimum absolute atomic E-state index is 0.176. The van der Waals surface area contributed by atoms with Crippen LogP contribution < -0.4 is 5.32 Å². The van der Waals surface area contributed by atoms with E-state index in [0.29, 0.717) is 5.56 Å². The van der Waals surface area contributed by atoms with E-state index in [9.17, 15) is 4.79 Å². The monoisotopic (exact) mass is 369 g/mol. The Labute approximate surface area is 162 Å². The average Bonchev–Trinajstić information content (AvgIpc) is 3.30. The van der Waals surface area contributed by atoms with Crippen molar-refractivity contribution in [3.8, 4) is 5.69 Å². The number of carbonyl (C=O) groups excluding carboxylic acids is 1. The summed E-state index contributed by atoms with van der Waals surface area (Å²) in [6.07, 6.45) is 1.50. The van der Waals surface area contributed by atoms with Gasteiger partial charge in [0.2, 0.25) is 0 Å². The van der Waals surface area contributed by atoms with Gasteiger partial charge in [-0.25, -0.2) is 4.68 Å². The molecule has 1 N–H and O–H groups in total. The molecule has 138 valence electrons. The van der Waals surface area contributed by atoms with Gasteiger partial charge in [-0.15, -0.1) is 5.10 Å². The second-order valence-corrected chi connectivity index (χ2v) is 6.62. The third kappa shape index (κ3) is 3.40. The van der Waals surface area contributed by atoms with Crippen molar-refractivity contribution in [3.05, 3.63) is 108 Å². The maximum atomic E-state index is 13.2. The van der Waals surface area contributed by atoms with Gasteiger partial charge in [0.05, 0.1) is 11.2 Å². The third-order valence-corrected chi connectivity index (χ3v) is 4.79. The molecule has 0 unspecified atom stereocenters. The van der Waals surface area contributed by atoms with Crippen molar-refractivity contribution in [2.45, 2.75) is 12.5 Å². The Balaban J connectivity index is 1.70. The molecular weight excluding hydrogens is 350 g/mol. The van der Waals surface area contributed by atoms with Crippen LogP contribution in [0.15, 0.2) is 91.3 Å². The van der Waals surface area contributed by atoms with Gasteiger partial charge in [0.1, 0.15) is 6.33 Å². The summed E-state index contributed by atoms with van der Waals surface area (Å²) in [5.74, 6) is -0.176. The first-order valence-electron chi connectivity index (χ1n) is 8.94. The molecule has 6 heteroatoms. The van der Waals surface area contributed by atoms with Gasteiger partial charge in [-0.2, -0.15) is 0 Å². The van der Waals surface area contributed by atoms with Crippen molar-refractivity contribution in [3.63, 3.8) is 0 Å². The Bertz CT molecular complexity index is 1020. The summed E-state index contributed by atoms with van der Waals surface area (Å²) in [6, 6.07) is 27.1. The molecule has 4 aromatic rings. The second-order valence-electron chi connectivity index (χ2n) is 6.62. The Kier molecular flexibility index (Phi) is 4.68. The summed E-state index contributed by atoms with van der Waals surface area (Å²) >= 11 is 0. The quantitative estimate of drug-likeness (QED) is 0.585. The first kappa shape index (κ1) is 17.6. The first-order valence-corrected chi connectivity index (χ1v) is 8.94. The maximum absolute atomic E-state index is 13.2. The van der Waals surface area contributed by atoms with Gasteiger partial charge in [0.15, 0.2) is 0 Å². The molecule has 0 aliphatic carbocycles. The molecule has 4 rings (SSSR count). The highest BCUT2D eigenvalue weighted by Crippen LogP contribution is 2.29. The lowest BCUT2D eigenvalue weighted by molar-refractivity contribution is 0.0919. The van der Waals surface area contributed by atoms with Gasteiger partial charge < -0.3 is 5.32 Å². The predicted molar refractivity (Wildman–Crippen MR) is 106 cm³/mol. The van der Waals surface area contributed by atoms with Crippen molar-refractivity contribution < 1.29 is 4.79 Å². The molecule has 6 nitrogen and oxygen atoms in total. The molecule has 0 aliphatic heterocycles. The van der Waals surface area contributed by atoms with Gasteiger partial charge in [-0.1, -0.05) is 66.7 Å². The number of hydrogen-bond acceptors (Lipinski definition) is 4. The lowest BCUT2D eigenvalue weighted by atomic mass is 9.84. The molecular formula is C22H19N5O. The summed E-state index contributed by atoms with van der Waals surface area (Å²) < 4.78 is 1.52. The fraction of sp³-hybridized carbons (Fsp3) is 0.0909. The van der Waals surface area contributed by atoms with E-state index in [1.165, 1.54) is 11.0 Å². The second kappa shape index (κ2) is 7.44. The van der Waals surface area contributed by atoms with Crippen molar-refractivity contribution >= 4 is 5.91 Å². The highest BCUT2D eigenvalue weighted by molar-refractivity contribution is 5.95. The van der Waals surface area contributed by atoms with Crippen LogP contribution in [0.1, 0.15) is 28.4 Å². The standard InChI is InChI=1S/C22H19N5O/c1-22(18-10-4-2-5-11-18,19-12-6-3-7-13-19)24-21(28)17-9-8-14-20(15-17)27-16-23-25-26-27/h2-16H,1H3,(H,24,28). The summed E-state index contributed by atoms with van der Waals surface area (Å²) in [7, 11) is 0. The van der Waals surface area contributed by atoms with Crippen LogP contribution in [0.25, 0.3) is 5.69 Å². The Morgan fingerprint density at radius 1 is 0.893 bits per heavy atom. The van der Waals surface area contributed by atoms with E-state index in [2.05, 4.69) is 20.8 Å². The number of rotatable bonds is 5. The zero-order valence-corrected chi connectivity index (χ0v) is 15.4. The van der Waals surface area contributed by atoms with E-state index in [4.69, 9.17) is 0 Å². The molecule has 1 heterocycles. The summed E-state index contributed by atoms with van der Waals surface area (Å²) in [6.45, 7) is 2.01. The van der Waals surface area contributed by atoms with Crippen molar-refractivity contribution in [1.82, 2.24) is 25.5 Å². The molecule has 3 aromatic carbocycles. The van der Waals surface area contributed by atoms with Gasteiger partial charge >= 0.3 is 0 Å². The lowest BCUT2D eigenvalue weighted by Crippen LogP contribution is -2.44. The summed E-state index contributed by atoms with van der Waals surface area (Å²) in [5.41, 5.74) is 2.59. The van der Waals surface area contributed by atoms with E-state index in [1.54, 1.807) is 12.1 Å². The predicted octanol–water partition coefficient (Wildman–Crippen LogP) is 3.36. The van der Waals surface area contributed by atoms with Crippen LogP contribution in [-0.4, -0.2) is 26.1 Å². The topological polar surface area (TPSA) is 72.7 Å². The summed E-state index contributed by atoms with van der Waals surface area (Å²) in [4.78, 5) is 13.2. The number of amides is 1. The largest absolute Gasteiger partial charge is 0.339 e. The number of nitrogens with zero attached hydrogens (tertiary/aromatic N) is 4. The minimum atomic E-state index is -0.676. The van der Waals surface area contributed by atoms with Crippen LogP contribution in [0.2, 0.25) is 0 Å². The van der Waals surface area contributed by atoms with Crippen molar-refractivity contribution in [1.29, 1.82) is 0 Å². The molecule has 0 saturated heterocycles. The van der Waals surface area contributed by atoms with Crippen LogP contribution in [0.3, 0.4) is 0 Å². The normalized spacial score (nSPS) is 11.2. The van der Waals surface area contributed by atoms with Crippen LogP contribution in [0, 0.1) is 0 Å². The first-order chi connectivity index (χ1) is 13.7. The lowest BCUT2D eigenvalue weighted by Gasteiger charge is -2.32. The number of hydrogen-bond donors (Lipinski definition) is 1. The Morgan fingerprint density at radius 3 is 2.11 bits per heavy atom. The van der Waals surface area contributed by atoms with Crippen LogP contribution >= 0.6 is 0 Å². The van der Waals surface area contributed by atoms with Crippen LogP contribution in [0.4, 0.5) is 0 Å². The van der Waals surface area contributed by atoms with Gasteiger partial charge in [0.25, 0.3) is 5.91 Å². The molecule has 0 saturated carbocycles. The van der Waals surface area contributed by atoms with E-state index >= 15 is 0 Å². The van der Waals surface area contributed by atoms with Gasteiger partial charge in [-0.05, 0) is 46.7 Å². The number of benzene rings is 3. The van der Waals surface area contributed by atoms with Crippen LogP contribution in [-0.2, 0) is 5.54 Å². The fourth-order valence-electron chi connectivity index (χ4n) is 3.22. The highest BCUT2D eigenvalue weighted by Gasteiger charge is 2.31. The molecule has 0 radical (unpaired) electrons. The maximum Gasteiger partial charge on any atom is 0.252 e. The number of nitrogens with one attached hydrogen (secondary N) is 1. The van der Waals surface area contributed by atoms with Crippen molar-refractivity contribution in [2.24, 2.45) is 0 Å². The number of carbonyl (C=O) groups is 1. The molecule has 1 aromatic heterocycles. The third-order valence-electron chi connectivity index (χ3n) is 4.79. The fourth-order valence-corrected chi connectivity index (χ4v) is 3.22.